The molecule has 2 fully saturated rings. The Labute approximate surface area is 152 Å². The number of carbonyl (C=O) groups is 2. The van der Waals surface area contributed by atoms with Gasteiger partial charge in [-0.1, -0.05) is 0 Å². The number of rotatable bonds is 5. The Kier molecular flexibility index (Phi) is 4.42. The van der Waals surface area contributed by atoms with Crippen molar-refractivity contribution in [3.8, 4) is 11.5 Å². The number of nitrogens with zero attached hydrogens (tertiary/aromatic N) is 1. The molecular formula is C20H21N3O3. The minimum Gasteiger partial charge on any atom is -0.456 e. The number of ether oxygens (including phenoxy) is 1. The number of carbonyl (C=O) groups excluding carboxylic acids is 2. The summed E-state index contributed by atoms with van der Waals surface area (Å²) in [5.41, 5.74) is 1.02. The van der Waals surface area contributed by atoms with Crippen molar-refractivity contribution in [3.63, 3.8) is 0 Å². The second kappa shape index (κ2) is 6.88. The third-order valence-corrected chi connectivity index (χ3v) is 5.07. The lowest BCUT2D eigenvalue weighted by molar-refractivity contribution is 0.0930. The van der Waals surface area contributed by atoms with Crippen LogP contribution in [0.2, 0.25) is 0 Å². The van der Waals surface area contributed by atoms with Crippen LogP contribution < -0.4 is 15.4 Å². The van der Waals surface area contributed by atoms with Gasteiger partial charge in [0.1, 0.15) is 17.2 Å². The van der Waals surface area contributed by atoms with Crippen LogP contribution in [0.15, 0.2) is 42.6 Å². The Bertz CT molecular complexity index is 817. The minimum absolute atomic E-state index is 0.0524. The molecule has 3 unspecified atom stereocenters. The molecule has 3 atom stereocenters. The SMILES string of the molecule is CC(=O)c1ccc(Oc2ccc(C(=O)NC3CC4CCC3N4)cc2)cn1. The van der Waals surface area contributed by atoms with Crippen LogP contribution >= 0.6 is 0 Å². The van der Waals surface area contributed by atoms with Gasteiger partial charge < -0.3 is 15.4 Å². The quantitative estimate of drug-likeness (QED) is 0.810. The van der Waals surface area contributed by atoms with Crippen molar-refractivity contribution in [1.29, 1.82) is 0 Å². The Morgan fingerprint density at radius 3 is 2.46 bits per heavy atom. The van der Waals surface area contributed by atoms with Crippen LogP contribution in [-0.4, -0.2) is 34.8 Å². The molecule has 0 radical (unpaired) electrons. The second-order valence-electron chi connectivity index (χ2n) is 6.92. The Balaban J connectivity index is 1.37. The van der Waals surface area contributed by atoms with Crippen molar-refractivity contribution in [3.05, 3.63) is 53.9 Å². The lowest BCUT2D eigenvalue weighted by Crippen LogP contribution is -2.42. The van der Waals surface area contributed by atoms with Crippen LogP contribution in [0.25, 0.3) is 0 Å². The van der Waals surface area contributed by atoms with Crippen molar-refractivity contribution >= 4 is 11.7 Å². The number of amides is 1. The van der Waals surface area contributed by atoms with Gasteiger partial charge >= 0.3 is 0 Å². The number of ketones is 1. The second-order valence-corrected chi connectivity index (χ2v) is 6.92. The summed E-state index contributed by atoms with van der Waals surface area (Å²) in [5, 5.41) is 6.65. The summed E-state index contributed by atoms with van der Waals surface area (Å²) in [6.07, 6.45) is 4.88. The van der Waals surface area contributed by atoms with E-state index in [1.54, 1.807) is 36.4 Å². The fourth-order valence-corrected chi connectivity index (χ4v) is 3.69. The summed E-state index contributed by atoms with van der Waals surface area (Å²) < 4.78 is 5.71. The maximum atomic E-state index is 12.4. The molecule has 1 aromatic carbocycles. The first-order chi connectivity index (χ1) is 12.6. The van der Waals surface area contributed by atoms with Gasteiger partial charge in [0.2, 0.25) is 0 Å². The first-order valence-corrected chi connectivity index (χ1v) is 8.90. The standard InChI is InChI=1S/C20H21N3O3/c1-12(24)17-9-7-16(11-21-17)26-15-5-2-13(3-6-15)20(25)23-19-10-14-4-8-18(19)22-14/h2-3,5-7,9,11,14,18-19,22H,4,8,10H2,1H3,(H,23,25). The summed E-state index contributed by atoms with van der Waals surface area (Å²) >= 11 is 0. The highest BCUT2D eigenvalue weighted by Gasteiger charge is 2.39. The van der Waals surface area contributed by atoms with E-state index in [0.29, 0.717) is 34.8 Å². The zero-order valence-electron chi connectivity index (χ0n) is 14.6. The van der Waals surface area contributed by atoms with E-state index >= 15 is 0 Å². The van der Waals surface area contributed by atoms with Crippen LogP contribution in [0, 0.1) is 0 Å². The van der Waals surface area contributed by atoms with Gasteiger partial charge in [-0.2, -0.15) is 0 Å². The number of nitrogens with one attached hydrogen (secondary N) is 2. The molecule has 1 amide bonds. The van der Waals surface area contributed by atoms with E-state index < -0.39 is 0 Å². The first-order valence-electron chi connectivity index (χ1n) is 8.90. The highest BCUT2D eigenvalue weighted by Crippen LogP contribution is 2.28. The van der Waals surface area contributed by atoms with Crippen molar-refractivity contribution in [2.75, 3.05) is 0 Å². The third-order valence-electron chi connectivity index (χ3n) is 5.07. The molecule has 0 spiro atoms. The maximum absolute atomic E-state index is 12.4. The molecule has 3 heterocycles. The molecule has 2 saturated heterocycles. The molecule has 2 aliphatic rings. The largest absolute Gasteiger partial charge is 0.456 e. The van der Waals surface area contributed by atoms with Gasteiger partial charge in [0.05, 0.1) is 6.20 Å². The minimum atomic E-state index is -0.0856. The van der Waals surface area contributed by atoms with Crippen LogP contribution in [0.1, 0.15) is 47.0 Å². The Morgan fingerprint density at radius 2 is 1.88 bits per heavy atom. The number of fused-ring (bicyclic) bond motifs is 2. The highest BCUT2D eigenvalue weighted by atomic mass is 16.5. The predicted octanol–water partition coefficient (Wildman–Crippen LogP) is 2.70. The predicted molar refractivity (Wildman–Crippen MR) is 96.6 cm³/mol. The van der Waals surface area contributed by atoms with Crippen LogP contribution in [0.4, 0.5) is 0 Å². The van der Waals surface area contributed by atoms with Crippen molar-refractivity contribution in [2.24, 2.45) is 0 Å². The smallest absolute Gasteiger partial charge is 0.251 e. The molecule has 2 N–H and O–H groups in total. The maximum Gasteiger partial charge on any atom is 0.251 e. The van der Waals surface area contributed by atoms with E-state index in [4.69, 9.17) is 4.74 Å². The molecule has 6 heteroatoms. The van der Waals surface area contributed by atoms with E-state index in [-0.39, 0.29) is 17.7 Å². The van der Waals surface area contributed by atoms with Gasteiger partial charge in [0.25, 0.3) is 5.91 Å². The summed E-state index contributed by atoms with van der Waals surface area (Å²) in [5.74, 6) is 1.02. The summed E-state index contributed by atoms with van der Waals surface area (Å²) in [7, 11) is 0. The number of hydrogen-bond donors (Lipinski definition) is 2. The average Bonchev–Trinajstić information content (AvgIpc) is 3.26. The molecule has 0 aliphatic carbocycles. The van der Waals surface area contributed by atoms with E-state index in [0.717, 1.165) is 12.8 Å². The molecule has 134 valence electrons. The zero-order chi connectivity index (χ0) is 18.1. The molecular weight excluding hydrogens is 330 g/mol. The Hall–Kier alpha value is -2.73. The molecule has 26 heavy (non-hydrogen) atoms. The monoisotopic (exact) mass is 351 g/mol. The third kappa shape index (κ3) is 3.46. The van der Waals surface area contributed by atoms with Crippen molar-refractivity contribution < 1.29 is 14.3 Å². The molecule has 2 bridgehead atoms. The molecule has 2 aromatic rings. The van der Waals surface area contributed by atoms with E-state index in [1.807, 2.05) is 0 Å². The number of hydrogen-bond acceptors (Lipinski definition) is 5. The normalized spacial score (nSPS) is 23.7. The van der Waals surface area contributed by atoms with Gasteiger partial charge in [-0.05, 0) is 55.7 Å². The summed E-state index contributed by atoms with van der Waals surface area (Å²) in [4.78, 5) is 27.7. The molecule has 1 aromatic heterocycles. The van der Waals surface area contributed by atoms with Gasteiger partial charge in [0.15, 0.2) is 5.78 Å². The molecule has 6 nitrogen and oxygen atoms in total. The molecule has 0 saturated carbocycles. The number of benzene rings is 1. The van der Waals surface area contributed by atoms with Crippen LogP contribution in [0.5, 0.6) is 11.5 Å². The van der Waals surface area contributed by atoms with Crippen LogP contribution in [0.3, 0.4) is 0 Å². The molecule has 2 aliphatic heterocycles. The fraction of sp³-hybridized carbons (Fsp3) is 0.350. The summed E-state index contributed by atoms with van der Waals surface area (Å²) in [6, 6.07) is 11.5. The van der Waals surface area contributed by atoms with E-state index in [9.17, 15) is 9.59 Å². The zero-order valence-corrected chi connectivity index (χ0v) is 14.6. The van der Waals surface area contributed by atoms with E-state index in [1.165, 1.54) is 19.5 Å². The van der Waals surface area contributed by atoms with Gasteiger partial charge in [0, 0.05) is 30.6 Å². The fourth-order valence-electron chi connectivity index (χ4n) is 3.69. The van der Waals surface area contributed by atoms with Gasteiger partial charge in [-0.25, -0.2) is 4.98 Å². The average molecular weight is 351 g/mol. The van der Waals surface area contributed by atoms with E-state index in [2.05, 4.69) is 15.6 Å². The molecule has 4 rings (SSSR count). The lowest BCUT2D eigenvalue weighted by atomic mass is 9.95. The van der Waals surface area contributed by atoms with Gasteiger partial charge in [-0.15, -0.1) is 0 Å². The topological polar surface area (TPSA) is 80.3 Å². The van der Waals surface area contributed by atoms with Gasteiger partial charge in [-0.3, -0.25) is 9.59 Å². The number of aromatic nitrogens is 1. The van der Waals surface area contributed by atoms with Crippen molar-refractivity contribution in [1.82, 2.24) is 15.6 Å². The number of Topliss-reactive ketones (excluding diaryl/α,β-unsaturated/α-hetero) is 1. The lowest BCUT2D eigenvalue weighted by Gasteiger charge is -2.21. The Morgan fingerprint density at radius 1 is 1.12 bits per heavy atom. The first kappa shape index (κ1) is 16.7. The summed E-state index contributed by atoms with van der Waals surface area (Å²) in [6.45, 7) is 1.47. The number of pyridine rings is 1. The van der Waals surface area contributed by atoms with Crippen molar-refractivity contribution in [2.45, 2.75) is 44.3 Å². The highest BCUT2D eigenvalue weighted by molar-refractivity contribution is 5.94. The van der Waals surface area contributed by atoms with Crippen LogP contribution in [-0.2, 0) is 0 Å².